The van der Waals surface area contributed by atoms with Crippen molar-refractivity contribution in [3.05, 3.63) is 76.3 Å². The Morgan fingerprint density at radius 1 is 1.23 bits per heavy atom. The van der Waals surface area contributed by atoms with Gasteiger partial charge in [0.15, 0.2) is 0 Å². The Morgan fingerprint density at radius 2 is 2.03 bits per heavy atom. The normalized spacial score (nSPS) is 19.5. The van der Waals surface area contributed by atoms with Gasteiger partial charge in [-0.3, -0.25) is 23.9 Å². The number of hydrogen-bond acceptors (Lipinski definition) is 5. The predicted molar refractivity (Wildman–Crippen MR) is 113 cm³/mol. The third-order valence-corrected chi connectivity index (χ3v) is 5.48. The van der Waals surface area contributed by atoms with Gasteiger partial charge in [-0.1, -0.05) is 11.6 Å². The average molecular weight is 442 g/mol. The molecule has 0 aliphatic heterocycles. The summed E-state index contributed by atoms with van der Waals surface area (Å²) in [5, 5.41) is 5.62. The van der Waals surface area contributed by atoms with Crippen LogP contribution in [0.2, 0.25) is 5.02 Å². The second-order valence-electron chi connectivity index (χ2n) is 7.43. The molecule has 31 heavy (non-hydrogen) atoms. The molecule has 8 nitrogen and oxygen atoms in total. The Bertz CT molecular complexity index is 1230. The largest absolute Gasteiger partial charge is 0.323 e. The molecular weight excluding hydrogens is 425 g/mol. The third kappa shape index (κ3) is 4.17. The quantitative estimate of drug-likeness (QED) is 0.633. The average Bonchev–Trinajstić information content (AvgIpc) is 3.45. The minimum absolute atomic E-state index is 0.0393. The summed E-state index contributed by atoms with van der Waals surface area (Å²) in [5.41, 5.74) is -1.12. The van der Waals surface area contributed by atoms with E-state index in [1.54, 1.807) is 19.1 Å². The van der Waals surface area contributed by atoms with E-state index in [9.17, 15) is 18.8 Å². The second kappa shape index (κ2) is 7.92. The van der Waals surface area contributed by atoms with Gasteiger partial charge in [0.25, 0.3) is 5.56 Å². The van der Waals surface area contributed by atoms with Crippen molar-refractivity contribution in [3.63, 3.8) is 0 Å². The zero-order valence-electron chi connectivity index (χ0n) is 16.3. The number of carbonyl (C=O) groups excluding carboxylic acids is 2. The predicted octanol–water partition coefficient (Wildman–Crippen LogP) is 3.02. The molecule has 1 fully saturated rings. The van der Waals surface area contributed by atoms with Gasteiger partial charge >= 0.3 is 0 Å². The van der Waals surface area contributed by atoms with E-state index in [-0.39, 0.29) is 11.6 Å². The van der Waals surface area contributed by atoms with E-state index in [0.717, 1.165) is 12.3 Å². The lowest BCUT2D eigenvalue weighted by Gasteiger charge is -2.14. The summed E-state index contributed by atoms with van der Waals surface area (Å²) in [5.74, 6) is -1.75. The van der Waals surface area contributed by atoms with Crippen molar-refractivity contribution in [2.24, 2.45) is 11.3 Å². The van der Waals surface area contributed by atoms with Crippen molar-refractivity contribution < 1.29 is 14.0 Å². The number of pyridine rings is 1. The van der Waals surface area contributed by atoms with Crippen LogP contribution in [0.4, 0.5) is 15.9 Å². The smallest absolute Gasteiger partial charge is 0.273 e. The first-order valence-corrected chi connectivity index (χ1v) is 9.72. The maximum absolute atomic E-state index is 14.6. The second-order valence-corrected chi connectivity index (χ2v) is 7.86. The van der Waals surface area contributed by atoms with Crippen LogP contribution >= 0.6 is 11.6 Å². The van der Waals surface area contributed by atoms with Crippen LogP contribution in [0.25, 0.3) is 5.69 Å². The number of nitrogens with one attached hydrogen (secondary N) is 2. The van der Waals surface area contributed by atoms with E-state index >= 15 is 0 Å². The van der Waals surface area contributed by atoms with Crippen LogP contribution in [0.15, 0.2) is 59.9 Å². The summed E-state index contributed by atoms with van der Waals surface area (Å²) in [4.78, 5) is 44.7. The number of hydrogen-bond donors (Lipinski definition) is 2. The number of rotatable bonds is 5. The SMILES string of the molecule is C[C@]1(C(=O)Nc2ccc(-n3ccncc3=O)cc2F)C[C@H]1C(=O)Nc1ccc(Cl)cn1. The van der Waals surface area contributed by atoms with Crippen molar-refractivity contribution in [1.82, 2.24) is 14.5 Å². The molecule has 0 radical (unpaired) electrons. The highest BCUT2D eigenvalue weighted by atomic mass is 35.5. The highest BCUT2D eigenvalue weighted by molar-refractivity contribution is 6.30. The summed E-state index contributed by atoms with van der Waals surface area (Å²) in [7, 11) is 0. The molecule has 4 rings (SSSR count). The summed E-state index contributed by atoms with van der Waals surface area (Å²) in [6.07, 6.45) is 5.67. The van der Waals surface area contributed by atoms with Crippen molar-refractivity contribution in [3.8, 4) is 5.69 Å². The fraction of sp³-hybridized carbons (Fsp3) is 0.190. The van der Waals surface area contributed by atoms with Crippen LogP contribution in [-0.4, -0.2) is 26.3 Å². The van der Waals surface area contributed by atoms with Crippen LogP contribution in [0, 0.1) is 17.2 Å². The molecule has 1 aliphatic rings. The van der Waals surface area contributed by atoms with Crippen LogP contribution in [0.1, 0.15) is 13.3 Å². The highest BCUT2D eigenvalue weighted by Crippen LogP contribution is 2.53. The molecular formula is C21H17ClFN5O3. The molecule has 2 aromatic heterocycles. The van der Waals surface area contributed by atoms with E-state index in [1.165, 1.54) is 35.3 Å². The van der Waals surface area contributed by atoms with Gasteiger partial charge in [0.1, 0.15) is 11.6 Å². The summed E-state index contributed by atoms with van der Waals surface area (Å²) in [6, 6.07) is 7.17. The molecule has 2 N–H and O–H groups in total. The van der Waals surface area contributed by atoms with Crippen LogP contribution in [-0.2, 0) is 9.59 Å². The van der Waals surface area contributed by atoms with Crippen LogP contribution < -0.4 is 16.2 Å². The number of anilines is 2. The van der Waals surface area contributed by atoms with Gasteiger partial charge in [0, 0.05) is 24.7 Å². The standard InChI is InChI=1S/C21H17ClFN5O3/c1-21(9-14(21)19(30)27-17-5-2-12(22)10-25-17)20(31)26-16-4-3-13(8-15(16)23)28-7-6-24-11-18(28)29/h2-8,10-11,14H,9H2,1H3,(H,26,31)(H,25,27,30)/t14-,21-/m0/s1. The lowest BCUT2D eigenvalue weighted by molar-refractivity contribution is -0.125. The fourth-order valence-corrected chi connectivity index (χ4v) is 3.35. The Hall–Kier alpha value is -3.59. The number of benzene rings is 1. The Balaban J connectivity index is 1.43. The third-order valence-electron chi connectivity index (χ3n) is 5.25. The van der Waals surface area contributed by atoms with Crippen molar-refractivity contribution in [2.45, 2.75) is 13.3 Å². The lowest BCUT2D eigenvalue weighted by Crippen LogP contribution is -2.28. The Morgan fingerprint density at radius 3 is 2.71 bits per heavy atom. The Kier molecular flexibility index (Phi) is 5.28. The van der Waals surface area contributed by atoms with E-state index in [0.29, 0.717) is 22.9 Å². The van der Waals surface area contributed by atoms with E-state index < -0.39 is 28.6 Å². The highest BCUT2D eigenvalue weighted by Gasteiger charge is 2.60. The van der Waals surface area contributed by atoms with Gasteiger partial charge in [-0.2, -0.15) is 0 Å². The summed E-state index contributed by atoms with van der Waals surface area (Å²) in [6.45, 7) is 1.64. The first-order chi connectivity index (χ1) is 14.8. The monoisotopic (exact) mass is 441 g/mol. The molecule has 0 unspecified atom stereocenters. The van der Waals surface area contributed by atoms with Crippen molar-refractivity contribution in [1.29, 1.82) is 0 Å². The van der Waals surface area contributed by atoms with Gasteiger partial charge in [-0.25, -0.2) is 9.37 Å². The van der Waals surface area contributed by atoms with Gasteiger partial charge in [0.2, 0.25) is 11.8 Å². The van der Waals surface area contributed by atoms with Gasteiger partial charge in [0.05, 0.1) is 33.9 Å². The number of carbonyl (C=O) groups is 2. The van der Waals surface area contributed by atoms with Gasteiger partial charge in [-0.15, -0.1) is 0 Å². The molecule has 1 aliphatic carbocycles. The molecule has 158 valence electrons. The maximum atomic E-state index is 14.6. The molecule has 3 aromatic rings. The number of halogens is 2. The first-order valence-electron chi connectivity index (χ1n) is 9.34. The fourth-order valence-electron chi connectivity index (χ4n) is 3.24. The van der Waals surface area contributed by atoms with Crippen LogP contribution in [0.5, 0.6) is 0 Å². The molecule has 1 aromatic carbocycles. The number of aromatic nitrogens is 3. The zero-order valence-corrected chi connectivity index (χ0v) is 17.1. The number of nitrogens with zero attached hydrogens (tertiary/aromatic N) is 3. The minimum atomic E-state index is -0.969. The van der Waals surface area contributed by atoms with Crippen molar-refractivity contribution in [2.75, 3.05) is 10.6 Å². The molecule has 0 spiro atoms. The Labute approximate surface area is 181 Å². The van der Waals surface area contributed by atoms with Gasteiger partial charge in [-0.05, 0) is 37.6 Å². The topological polar surface area (TPSA) is 106 Å². The number of amides is 2. The summed E-state index contributed by atoms with van der Waals surface area (Å²) >= 11 is 5.77. The molecule has 0 bridgehead atoms. The molecule has 2 atom stereocenters. The van der Waals surface area contributed by atoms with E-state index in [1.807, 2.05) is 0 Å². The van der Waals surface area contributed by atoms with E-state index in [2.05, 4.69) is 20.6 Å². The minimum Gasteiger partial charge on any atom is -0.323 e. The first kappa shape index (κ1) is 20.7. The van der Waals surface area contributed by atoms with Crippen LogP contribution in [0.3, 0.4) is 0 Å². The molecule has 1 saturated carbocycles. The van der Waals surface area contributed by atoms with E-state index in [4.69, 9.17) is 11.6 Å². The van der Waals surface area contributed by atoms with Crippen molar-refractivity contribution >= 4 is 34.9 Å². The lowest BCUT2D eigenvalue weighted by atomic mass is 10.0. The molecule has 2 heterocycles. The maximum Gasteiger partial charge on any atom is 0.273 e. The molecule has 2 amide bonds. The van der Waals surface area contributed by atoms with Gasteiger partial charge < -0.3 is 10.6 Å². The molecule has 10 heteroatoms. The molecule has 0 saturated heterocycles. The summed E-state index contributed by atoms with van der Waals surface area (Å²) < 4.78 is 15.8. The zero-order chi connectivity index (χ0) is 22.2.